The Bertz CT molecular complexity index is 757. The van der Waals surface area contributed by atoms with E-state index in [1.807, 2.05) is 27.7 Å². The van der Waals surface area contributed by atoms with E-state index >= 15 is 0 Å². The van der Waals surface area contributed by atoms with E-state index in [2.05, 4.69) is 0 Å². The van der Waals surface area contributed by atoms with Crippen molar-refractivity contribution in [1.29, 1.82) is 0 Å². The van der Waals surface area contributed by atoms with Gasteiger partial charge in [0.2, 0.25) is 5.91 Å². The van der Waals surface area contributed by atoms with Crippen LogP contribution >= 0.6 is 0 Å². The van der Waals surface area contributed by atoms with Gasteiger partial charge in [0.1, 0.15) is 5.82 Å². The van der Waals surface area contributed by atoms with E-state index in [0.717, 1.165) is 0 Å². The van der Waals surface area contributed by atoms with Crippen LogP contribution in [0.15, 0.2) is 18.2 Å². The second kappa shape index (κ2) is 7.58. The summed E-state index contributed by atoms with van der Waals surface area (Å²) in [6.07, 6.45) is -4.46. The number of amides is 1. The normalized spacial score (nSPS) is 22.2. The third kappa shape index (κ3) is 4.61. The largest absolute Gasteiger partial charge is 0.495 e. The zero-order chi connectivity index (χ0) is 21.6. The molecule has 2 aliphatic rings. The van der Waals surface area contributed by atoms with Crippen molar-refractivity contribution in [2.24, 2.45) is 5.92 Å². The fraction of sp³-hybridized carbons (Fsp3) is 0.650. The fourth-order valence-corrected chi connectivity index (χ4v) is 3.65. The van der Waals surface area contributed by atoms with Gasteiger partial charge >= 0.3 is 13.3 Å². The van der Waals surface area contributed by atoms with Crippen LogP contribution in [-0.4, -0.2) is 48.4 Å². The maximum atomic E-state index is 13.9. The molecule has 2 saturated heterocycles. The van der Waals surface area contributed by atoms with E-state index < -0.39 is 36.2 Å². The number of alkyl halides is 3. The first-order chi connectivity index (χ1) is 13.3. The average Bonchev–Trinajstić information content (AvgIpc) is 2.83. The molecule has 4 nitrogen and oxygen atoms in total. The Morgan fingerprint density at radius 1 is 1.14 bits per heavy atom. The average molecular weight is 415 g/mol. The highest BCUT2D eigenvalue weighted by molar-refractivity contribution is 6.62. The van der Waals surface area contributed by atoms with Crippen molar-refractivity contribution in [2.75, 3.05) is 13.1 Å². The van der Waals surface area contributed by atoms with Crippen molar-refractivity contribution < 1.29 is 31.7 Å². The zero-order valence-electron chi connectivity index (χ0n) is 17.1. The number of carbonyl (C=O) groups excluding carboxylic acids is 1. The van der Waals surface area contributed by atoms with Crippen LogP contribution < -0.4 is 5.46 Å². The van der Waals surface area contributed by atoms with Crippen molar-refractivity contribution in [3.05, 3.63) is 29.6 Å². The van der Waals surface area contributed by atoms with E-state index in [1.165, 1.54) is 23.1 Å². The molecule has 2 heterocycles. The molecule has 29 heavy (non-hydrogen) atoms. The van der Waals surface area contributed by atoms with E-state index in [1.54, 1.807) is 0 Å². The molecule has 0 spiro atoms. The van der Waals surface area contributed by atoms with Crippen LogP contribution in [-0.2, 0) is 20.5 Å². The maximum absolute atomic E-state index is 13.9. The molecule has 160 valence electrons. The second-order valence-corrected chi connectivity index (χ2v) is 8.80. The summed E-state index contributed by atoms with van der Waals surface area (Å²) in [7, 11) is -0.825. The summed E-state index contributed by atoms with van der Waals surface area (Å²) in [5.74, 6) is -2.12. The molecule has 0 atom stereocenters. The van der Waals surface area contributed by atoms with Gasteiger partial charge < -0.3 is 14.2 Å². The Morgan fingerprint density at radius 2 is 1.69 bits per heavy atom. The van der Waals surface area contributed by atoms with Gasteiger partial charge in [-0.05, 0) is 63.7 Å². The van der Waals surface area contributed by atoms with Crippen molar-refractivity contribution >= 4 is 18.5 Å². The zero-order valence-corrected chi connectivity index (χ0v) is 17.1. The Kier molecular flexibility index (Phi) is 5.77. The number of benzene rings is 1. The Hall–Kier alpha value is -1.61. The molecule has 0 aliphatic carbocycles. The smallest absolute Gasteiger partial charge is 0.399 e. The summed E-state index contributed by atoms with van der Waals surface area (Å²) < 4.78 is 64.4. The summed E-state index contributed by atoms with van der Waals surface area (Å²) >= 11 is 0. The summed E-state index contributed by atoms with van der Waals surface area (Å²) in [5, 5.41) is 0. The first kappa shape index (κ1) is 22.1. The topological polar surface area (TPSA) is 38.8 Å². The van der Waals surface area contributed by atoms with Gasteiger partial charge in [0.15, 0.2) is 0 Å². The molecule has 3 rings (SSSR count). The van der Waals surface area contributed by atoms with Gasteiger partial charge in [0.05, 0.1) is 23.5 Å². The quantitative estimate of drug-likeness (QED) is 0.561. The van der Waals surface area contributed by atoms with Gasteiger partial charge in [-0.1, -0.05) is 6.07 Å². The number of rotatable bonds is 3. The number of nitrogens with zero attached hydrogens (tertiary/aromatic N) is 1. The molecule has 0 bridgehead atoms. The van der Waals surface area contributed by atoms with Crippen molar-refractivity contribution in [2.45, 2.75) is 64.3 Å². The van der Waals surface area contributed by atoms with Crippen LogP contribution in [0.3, 0.4) is 0 Å². The second-order valence-electron chi connectivity index (χ2n) is 8.80. The van der Waals surface area contributed by atoms with Gasteiger partial charge in [0.25, 0.3) is 0 Å². The van der Waals surface area contributed by atoms with E-state index in [0.29, 0.717) is 11.0 Å². The molecule has 1 aromatic carbocycles. The molecule has 0 saturated carbocycles. The molecule has 0 aromatic heterocycles. The SMILES string of the molecule is CC1(C)OB(c2cc(F)ccc2CC(=O)N2CCC(C(F)(F)F)CC2)OC1(C)C. The Labute approximate surface area is 168 Å². The minimum Gasteiger partial charge on any atom is -0.399 e. The van der Waals surface area contributed by atoms with Crippen LogP contribution in [0.1, 0.15) is 46.1 Å². The first-order valence-corrected chi connectivity index (χ1v) is 9.78. The first-order valence-electron chi connectivity index (χ1n) is 9.78. The summed E-state index contributed by atoms with van der Waals surface area (Å²) in [6.45, 7) is 7.64. The number of hydrogen-bond acceptors (Lipinski definition) is 3. The van der Waals surface area contributed by atoms with Gasteiger partial charge in [-0.2, -0.15) is 13.2 Å². The molecular formula is C20H26BF4NO3. The number of hydrogen-bond donors (Lipinski definition) is 0. The standard InChI is InChI=1S/C20H26BF4NO3/c1-18(2)19(3,4)29-21(28-18)16-12-15(22)6-5-13(16)11-17(27)26-9-7-14(8-10-26)20(23,24)25/h5-6,12,14H,7-11H2,1-4H3. The highest BCUT2D eigenvalue weighted by Crippen LogP contribution is 2.37. The van der Waals surface area contributed by atoms with Gasteiger partial charge in [0, 0.05) is 13.1 Å². The third-order valence-electron chi connectivity index (χ3n) is 6.27. The molecule has 9 heteroatoms. The Balaban J connectivity index is 1.73. The van der Waals surface area contributed by atoms with Crippen molar-refractivity contribution in [3.8, 4) is 0 Å². The van der Waals surface area contributed by atoms with Crippen molar-refractivity contribution in [3.63, 3.8) is 0 Å². The minimum atomic E-state index is -4.23. The van der Waals surface area contributed by atoms with Crippen LogP contribution in [0, 0.1) is 11.7 Å². The predicted molar refractivity (Wildman–Crippen MR) is 101 cm³/mol. The number of likely N-dealkylation sites (tertiary alicyclic amines) is 1. The van der Waals surface area contributed by atoms with E-state index in [9.17, 15) is 22.4 Å². The van der Waals surface area contributed by atoms with Crippen molar-refractivity contribution in [1.82, 2.24) is 4.90 Å². The molecule has 0 unspecified atom stereocenters. The highest BCUT2D eigenvalue weighted by Gasteiger charge is 2.52. The Morgan fingerprint density at radius 3 is 2.21 bits per heavy atom. The summed E-state index contributed by atoms with van der Waals surface area (Å²) in [4.78, 5) is 14.1. The van der Waals surface area contributed by atoms with Gasteiger partial charge in [-0.15, -0.1) is 0 Å². The number of carbonyl (C=O) groups is 1. The number of piperidine rings is 1. The third-order valence-corrected chi connectivity index (χ3v) is 6.27. The minimum absolute atomic E-state index is 0.0453. The number of halogens is 4. The lowest BCUT2D eigenvalue weighted by molar-refractivity contribution is -0.186. The van der Waals surface area contributed by atoms with Crippen LogP contribution in [0.2, 0.25) is 0 Å². The lowest BCUT2D eigenvalue weighted by Crippen LogP contribution is -2.44. The summed E-state index contributed by atoms with van der Waals surface area (Å²) in [6, 6.07) is 4.06. The van der Waals surface area contributed by atoms with Gasteiger partial charge in [-0.3, -0.25) is 4.79 Å². The molecule has 1 amide bonds. The molecular weight excluding hydrogens is 389 g/mol. The molecule has 2 fully saturated rings. The highest BCUT2D eigenvalue weighted by atomic mass is 19.4. The lowest BCUT2D eigenvalue weighted by atomic mass is 9.75. The van der Waals surface area contributed by atoms with E-state index in [-0.39, 0.29) is 38.3 Å². The fourth-order valence-electron chi connectivity index (χ4n) is 3.65. The maximum Gasteiger partial charge on any atom is 0.495 e. The van der Waals surface area contributed by atoms with Crippen LogP contribution in [0.5, 0.6) is 0 Å². The molecule has 2 aliphatic heterocycles. The molecule has 0 N–H and O–H groups in total. The predicted octanol–water partition coefficient (Wildman–Crippen LogP) is 3.47. The van der Waals surface area contributed by atoms with Crippen LogP contribution in [0.25, 0.3) is 0 Å². The molecule has 0 radical (unpaired) electrons. The molecule has 1 aromatic rings. The lowest BCUT2D eigenvalue weighted by Gasteiger charge is -2.33. The van der Waals surface area contributed by atoms with E-state index in [4.69, 9.17) is 9.31 Å². The van der Waals surface area contributed by atoms with Crippen LogP contribution in [0.4, 0.5) is 17.6 Å². The van der Waals surface area contributed by atoms with Gasteiger partial charge in [-0.25, -0.2) is 4.39 Å². The summed E-state index contributed by atoms with van der Waals surface area (Å²) in [5.41, 5.74) is -0.259. The monoisotopic (exact) mass is 415 g/mol.